The third kappa shape index (κ3) is 2.60. The number of carbonyl (C=O) groups is 1. The minimum Gasteiger partial charge on any atom is -0.448 e. The largest absolute Gasteiger partial charge is 0.448 e. The number of oxazole rings is 1. The molecule has 0 radical (unpaired) electrons. The van der Waals surface area contributed by atoms with Crippen LogP contribution in [0.4, 0.5) is 8.78 Å². The quantitative estimate of drug-likeness (QED) is 0.862. The second-order valence-corrected chi connectivity index (χ2v) is 6.01. The van der Waals surface area contributed by atoms with E-state index in [-0.39, 0.29) is 17.5 Å². The Morgan fingerprint density at radius 1 is 1.35 bits per heavy atom. The summed E-state index contributed by atoms with van der Waals surface area (Å²) in [6.07, 6.45) is 2.54. The second-order valence-electron chi connectivity index (χ2n) is 6.01. The lowest BCUT2D eigenvalue weighted by Gasteiger charge is -2.19. The Bertz CT molecular complexity index is 753. The van der Waals surface area contributed by atoms with Gasteiger partial charge in [0.2, 0.25) is 11.8 Å². The van der Waals surface area contributed by atoms with Gasteiger partial charge in [-0.3, -0.25) is 4.79 Å². The zero-order valence-electron chi connectivity index (χ0n) is 12.3. The molecule has 0 aromatic carbocycles. The molecule has 2 aromatic heterocycles. The summed E-state index contributed by atoms with van der Waals surface area (Å²) in [5.41, 5.74) is -0.00729. The molecule has 9 heteroatoms. The summed E-state index contributed by atoms with van der Waals surface area (Å²) in [5, 5.41) is 7.78. The highest BCUT2D eigenvalue weighted by atomic mass is 19.3. The van der Waals surface area contributed by atoms with Crippen LogP contribution < -0.4 is 0 Å². The molecular weight excluding hydrogens is 310 g/mol. The molecule has 2 aliphatic rings. The third-order valence-electron chi connectivity index (χ3n) is 4.04. The van der Waals surface area contributed by atoms with Gasteiger partial charge in [0.25, 0.3) is 11.8 Å². The molecule has 122 valence electrons. The van der Waals surface area contributed by atoms with Crippen molar-refractivity contribution in [1.29, 1.82) is 0 Å². The SMILES string of the molecule is Cc1nc(C(=O)N2CC(F)(F)C[C@H]2c2nnc(C3CC3)o2)co1. The van der Waals surface area contributed by atoms with Crippen molar-refractivity contribution in [3.63, 3.8) is 0 Å². The molecule has 1 amide bonds. The summed E-state index contributed by atoms with van der Waals surface area (Å²) in [6, 6.07) is -0.950. The monoisotopic (exact) mass is 324 g/mol. The van der Waals surface area contributed by atoms with E-state index in [0.29, 0.717) is 11.8 Å². The van der Waals surface area contributed by atoms with Crippen LogP contribution in [0, 0.1) is 6.92 Å². The summed E-state index contributed by atoms with van der Waals surface area (Å²) >= 11 is 0. The Balaban J connectivity index is 1.63. The maximum absolute atomic E-state index is 13.9. The molecule has 1 aliphatic carbocycles. The van der Waals surface area contributed by atoms with Crippen molar-refractivity contribution in [1.82, 2.24) is 20.1 Å². The Morgan fingerprint density at radius 3 is 2.74 bits per heavy atom. The molecule has 0 bridgehead atoms. The molecule has 1 atom stereocenters. The van der Waals surface area contributed by atoms with Gasteiger partial charge in [-0.15, -0.1) is 10.2 Å². The number of carbonyl (C=O) groups excluding carboxylic acids is 1. The van der Waals surface area contributed by atoms with Crippen molar-refractivity contribution in [2.75, 3.05) is 6.54 Å². The summed E-state index contributed by atoms with van der Waals surface area (Å²) in [7, 11) is 0. The van der Waals surface area contributed by atoms with Crippen molar-refractivity contribution in [2.24, 2.45) is 0 Å². The fraction of sp³-hybridized carbons (Fsp3) is 0.571. The van der Waals surface area contributed by atoms with E-state index in [1.807, 2.05) is 0 Å². The molecule has 0 spiro atoms. The van der Waals surface area contributed by atoms with Crippen LogP contribution in [0.25, 0.3) is 0 Å². The molecule has 1 aliphatic heterocycles. The van der Waals surface area contributed by atoms with Gasteiger partial charge in [-0.05, 0) is 12.8 Å². The number of hydrogen-bond donors (Lipinski definition) is 0. The predicted octanol–water partition coefficient (Wildman–Crippen LogP) is 2.47. The number of amides is 1. The molecule has 23 heavy (non-hydrogen) atoms. The van der Waals surface area contributed by atoms with Gasteiger partial charge in [-0.2, -0.15) is 0 Å². The molecule has 7 nitrogen and oxygen atoms in total. The molecule has 4 rings (SSSR count). The van der Waals surface area contributed by atoms with Gasteiger partial charge in [-0.25, -0.2) is 13.8 Å². The topological polar surface area (TPSA) is 85.3 Å². The van der Waals surface area contributed by atoms with E-state index in [4.69, 9.17) is 8.83 Å². The van der Waals surface area contributed by atoms with E-state index in [1.54, 1.807) is 6.92 Å². The number of hydrogen-bond acceptors (Lipinski definition) is 6. The average molecular weight is 324 g/mol. The molecule has 2 fully saturated rings. The van der Waals surface area contributed by atoms with Crippen LogP contribution in [0.3, 0.4) is 0 Å². The fourth-order valence-electron chi connectivity index (χ4n) is 2.74. The van der Waals surface area contributed by atoms with E-state index >= 15 is 0 Å². The number of halogens is 2. The van der Waals surface area contributed by atoms with Crippen LogP contribution >= 0.6 is 0 Å². The Labute approximate surface area is 129 Å². The van der Waals surface area contributed by atoms with Crippen LogP contribution in [-0.4, -0.2) is 38.5 Å². The molecular formula is C14H14F2N4O3. The van der Waals surface area contributed by atoms with Crippen molar-refractivity contribution >= 4 is 5.91 Å². The summed E-state index contributed by atoms with van der Waals surface area (Å²) < 4.78 is 38.2. The lowest BCUT2D eigenvalue weighted by molar-refractivity contribution is 0.0116. The van der Waals surface area contributed by atoms with Crippen molar-refractivity contribution < 1.29 is 22.4 Å². The van der Waals surface area contributed by atoms with Gasteiger partial charge in [-0.1, -0.05) is 0 Å². The molecule has 0 N–H and O–H groups in total. The second kappa shape index (κ2) is 4.84. The maximum atomic E-state index is 13.9. The van der Waals surface area contributed by atoms with Gasteiger partial charge >= 0.3 is 0 Å². The maximum Gasteiger partial charge on any atom is 0.276 e. The number of aryl methyl sites for hydroxylation is 1. The van der Waals surface area contributed by atoms with Crippen LogP contribution in [0.5, 0.6) is 0 Å². The summed E-state index contributed by atoms with van der Waals surface area (Å²) in [5.74, 6) is -2.61. The van der Waals surface area contributed by atoms with Crippen LogP contribution in [-0.2, 0) is 0 Å². The van der Waals surface area contributed by atoms with E-state index < -0.39 is 30.8 Å². The van der Waals surface area contributed by atoms with E-state index in [2.05, 4.69) is 15.2 Å². The first-order chi connectivity index (χ1) is 10.9. The van der Waals surface area contributed by atoms with Crippen LogP contribution in [0.2, 0.25) is 0 Å². The molecule has 1 saturated heterocycles. The van der Waals surface area contributed by atoms with Crippen molar-refractivity contribution in [3.8, 4) is 0 Å². The van der Waals surface area contributed by atoms with Gasteiger partial charge in [0.15, 0.2) is 11.6 Å². The van der Waals surface area contributed by atoms with Crippen molar-refractivity contribution in [2.45, 2.75) is 44.1 Å². The zero-order chi connectivity index (χ0) is 16.2. The average Bonchev–Trinajstić information content (AvgIpc) is 2.94. The first-order valence-electron chi connectivity index (χ1n) is 7.37. The minimum absolute atomic E-state index is 0.00729. The predicted molar refractivity (Wildman–Crippen MR) is 70.9 cm³/mol. The zero-order valence-corrected chi connectivity index (χ0v) is 12.3. The lowest BCUT2D eigenvalue weighted by atomic mass is 10.2. The van der Waals surface area contributed by atoms with Gasteiger partial charge in [0, 0.05) is 19.3 Å². The first-order valence-corrected chi connectivity index (χ1v) is 7.37. The van der Waals surface area contributed by atoms with E-state index in [1.165, 1.54) is 0 Å². The van der Waals surface area contributed by atoms with Gasteiger partial charge < -0.3 is 13.7 Å². The van der Waals surface area contributed by atoms with Gasteiger partial charge in [0.1, 0.15) is 12.3 Å². The Morgan fingerprint density at radius 2 is 2.09 bits per heavy atom. The molecule has 2 aromatic rings. The molecule has 1 saturated carbocycles. The van der Waals surface area contributed by atoms with E-state index in [0.717, 1.165) is 24.0 Å². The van der Waals surface area contributed by atoms with Crippen molar-refractivity contribution in [3.05, 3.63) is 29.6 Å². The highest BCUT2D eigenvalue weighted by Crippen LogP contribution is 2.44. The Hall–Kier alpha value is -2.32. The first kappa shape index (κ1) is 14.3. The summed E-state index contributed by atoms with van der Waals surface area (Å²) in [4.78, 5) is 17.4. The number of aromatic nitrogens is 3. The lowest BCUT2D eigenvalue weighted by Crippen LogP contribution is -2.33. The van der Waals surface area contributed by atoms with Gasteiger partial charge in [0.05, 0.1) is 6.54 Å². The number of likely N-dealkylation sites (tertiary alicyclic amines) is 1. The van der Waals surface area contributed by atoms with Crippen LogP contribution in [0.15, 0.2) is 15.1 Å². The normalized spacial score (nSPS) is 23.4. The smallest absolute Gasteiger partial charge is 0.276 e. The highest BCUT2D eigenvalue weighted by Gasteiger charge is 2.50. The Kier molecular flexibility index (Phi) is 3.00. The van der Waals surface area contributed by atoms with E-state index in [9.17, 15) is 13.6 Å². The molecule has 3 heterocycles. The third-order valence-corrected chi connectivity index (χ3v) is 4.04. The standard InChI is InChI=1S/C14H14F2N4O3/c1-7-17-9(5-22-7)13(21)20-6-14(15,16)4-10(20)12-19-18-11(23-12)8-2-3-8/h5,8,10H,2-4,6H2,1H3/t10-/m0/s1. The minimum atomic E-state index is -3.01. The number of rotatable bonds is 3. The molecule has 0 unspecified atom stereocenters. The number of nitrogens with zero attached hydrogens (tertiary/aromatic N) is 4. The van der Waals surface area contributed by atoms with Crippen LogP contribution in [0.1, 0.15) is 59.4 Å². The summed E-state index contributed by atoms with van der Waals surface area (Å²) in [6.45, 7) is 0.871. The highest BCUT2D eigenvalue weighted by molar-refractivity contribution is 5.92. The number of alkyl halides is 2. The fourth-order valence-corrected chi connectivity index (χ4v) is 2.74.